The molecule has 0 amide bonds. The van der Waals surface area contributed by atoms with Crippen molar-refractivity contribution in [1.82, 2.24) is 0 Å². The number of ether oxygens (including phenoxy) is 1. The average molecular weight is 296 g/mol. The van der Waals surface area contributed by atoms with Gasteiger partial charge in [0.2, 0.25) is 0 Å². The van der Waals surface area contributed by atoms with Crippen LogP contribution in [0.3, 0.4) is 0 Å². The highest BCUT2D eigenvalue weighted by Crippen LogP contribution is 2.22. The van der Waals surface area contributed by atoms with Gasteiger partial charge >= 0.3 is 5.97 Å². The van der Waals surface area contributed by atoms with Crippen LogP contribution in [0.15, 0.2) is 12.1 Å². The Bertz CT molecular complexity index is 382. The van der Waals surface area contributed by atoms with E-state index in [0.29, 0.717) is 5.33 Å². The molecule has 0 radical (unpaired) electrons. The number of alkyl halides is 1. The Morgan fingerprint density at radius 1 is 1.60 bits per heavy atom. The molecular weight excluding hydrogens is 286 g/mol. The molecule has 0 unspecified atom stereocenters. The standard InChI is InChI=1S/C10H9BrClFO2/c1-2-15-10(14)7-3-6(5-11)4-8(12)9(7)13/h3-4H,2,5H2,1H3. The predicted molar refractivity (Wildman–Crippen MR) is 60.0 cm³/mol. The fourth-order valence-corrected chi connectivity index (χ4v) is 1.65. The molecule has 0 aliphatic rings. The zero-order valence-corrected chi connectivity index (χ0v) is 10.4. The summed E-state index contributed by atoms with van der Waals surface area (Å²) in [5.41, 5.74) is 0.600. The molecule has 15 heavy (non-hydrogen) atoms. The Balaban J connectivity index is 3.15. The molecule has 5 heteroatoms. The van der Waals surface area contributed by atoms with E-state index in [4.69, 9.17) is 16.3 Å². The van der Waals surface area contributed by atoms with Crippen molar-refractivity contribution in [3.63, 3.8) is 0 Å². The topological polar surface area (TPSA) is 26.3 Å². The Hall–Kier alpha value is -0.610. The zero-order valence-electron chi connectivity index (χ0n) is 8.02. The number of hydrogen-bond donors (Lipinski definition) is 0. The number of carbonyl (C=O) groups excluding carboxylic acids is 1. The van der Waals surface area contributed by atoms with Crippen LogP contribution in [-0.2, 0) is 10.1 Å². The van der Waals surface area contributed by atoms with Gasteiger partial charge in [0.25, 0.3) is 0 Å². The van der Waals surface area contributed by atoms with E-state index < -0.39 is 11.8 Å². The maximum atomic E-state index is 13.4. The summed E-state index contributed by atoms with van der Waals surface area (Å²) < 4.78 is 18.2. The first-order valence-electron chi connectivity index (χ1n) is 4.31. The molecule has 0 fully saturated rings. The van der Waals surface area contributed by atoms with Crippen molar-refractivity contribution in [1.29, 1.82) is 0 Å². The van der Waals surface area contributed by atoms with Crippen molar-refractivity contribution < 1.29 is 13.9 Å². The highest BCUT2D eigenvalue weighted by molar-refractivity contribution is 9.08. The lowest BCUT2D eigenvalue weighted by molar-refractivity contribution is 0.0521. The van der Waals surface area contributed by atoms with Crippen LogP contribution in [0.4, 0.5) is 4.39 Å². The number of halogens is 3. The third-order valence-electron chi connectivity index (χ3n) is 1.74. The summed E-state index contributed by atoms with van der Waals surface area (Å²) in [6, 6.07) is 2.89. The van der Waals surface area contributed by atoms with E-state index in [1.165, 1.54) is 12.1 Å². The highest BCUT2D eigenvalue weighted by atomic mass is 79.9. The molecule has 0 aliphatic carbocycles. The van der Waals surface area contributed by atoms with Gasteiger partial charge < -0.3 is 4.74 Å². The zero-order chi connectivity index (χ0) is 11.4. The Morgan fingerprint density at radius 2 is 2.27 bits per heavy atom. The van der Waals surface area contributed by atoms with E-state index in [0.717, 1.165) is 5.56 Å². The fraction of sp³-hybridized carbons (Fsp3) is 0.300. The van der Waals surface area contributed by atoms with Crippen LogP contribution in [-0.4, -0.2) is 12.6 Å². The van der Waals surface area contributed by atoms with Gasteiger partial charge in [-0.3, -0.25) is 0 Å². The lowest BCUT2D eigenvalue weighted by atomic mass is 10.1. The first-order chi connectivity index (χ1) is 7.10. The second-order valence-electron chi connectivity index (χ2n) is 2.79. The molecule has 0 atom stereocenters. The maximum absolute atomic E-state index is 13.4. The summed E-state index contributed by atoms with van der Waals surface area (Å²) in [7, 11) is 0. The number of hydrogen-bond acceptors (Lipinski definition) is 2. The van der Waals surface area contributed by atoms with Gasteiger partial charge in [0.1, 0.15) is 0 Å². The van der Waals surface area contributed by atoms with Crippen molar-refractivity contribution in [3.8, 4) is 0 Å². The van der Waals surface area contributed by atoms with Gasteiger partial charge in [0.15, 0.2) is 5.82 Å². The highest BCUT2D eigenvalue weighted by Gasteiger charge is 2.16. The molecule has 2 nitrogen and oxygen atoms in total. The van der Waals surface area contributed by atoms with Crippen LogP contribution in [0.25, 0.3) is 0 Å². The third-order valence-corrected chi connectivity index (χ3v) is 2.66. The van der Waals surface area contributed by atoms with Gasteiger partial charge in [-0.05, 0) is 24.6 Å². The van der Waals surface area contributed by atoms with E-state index in [2.05, 4.69) is 15.9 Å². The van der Waals surface area contributed by atoms with Crippen LogP contribution >= 0.6 is 27.5 Å². The number of benzene rings is 1. The first-order valence-corrected chi connectivity index (χ1v) is 5.81. The molecule has 0 aliphatic heterocycles. The van der Waals surface area contributed by atoms with Gasteiger partial charge in [0, 0.05) is 5.33 Å². The van der Waals surface area contributed by atoms with Gasteiger partial charge in [-0.15, -0.1) is 0 Å². The van der Waals surface area contributed by atoms with E-state index in [1.54, 1.807) is 6.92 Å². The summed E-state index contributed by atoms with van der Waals surface area (Å²) in [6.45, 7) is 1.86. The van der Waals surface area contributed by atoms with Crippen LogP contribution < -0.4 is 0 Å². The van der Waals surface area contributed by atoms with Crippen LogP contribution in [0.5, 0.6) is 0 Å². The maximum Gasteiger partial charge on any atom is 0.341 e. The van der Waals surface area contributed by atoms with Crippen LogP contribution in [0, 0.1) is 5.82 Å². The number of carbonyl (C=O) groups is 1. The molecule has 0 aromatic heterocycles. The predicted octanol–water partition coefficient (Wildman–Crippen LogP) is 3.55. The van der Waals surface area contributed by atoms with E-state index in [9.17, 15) is 9.18 Å². The third kappa shape index (κ3) is 2.92. The van der Waals surface area contributed by atoms with Crippen LogP contribution in [0.2, 0.25) is 5.02 Å². The molecule has 0 saturated heterocycles. The second-order valence-corrected chi connectivity index (χ2v) is 3.76. The smallest absolute Gasteiger partial charge is 0.341 e. The second kappa shape index (κ2) is 5.47. The van der Waals surface area contributed by atoms with Crippen LogP contribution in [0.1, 0.15) is 22.8 Å². The molecule has 1 aromatic rings. The molecule has 0 spiro atoms. The van der Waals surface area contributed by atoms with E-state index >= 15 is 0 Å². The summed E-state index contributed by atoms with van der Waals surface area (Å²) in [6.07, 6.45) is 0. The molecule has 0 bridgehead atoms. The quantitative estimate of drug-likeness (QED) is 0.629. The monoisotopic (exact) mass is 294 g/mol. The van der Waals surface area contributed by atoms with Crippen molar-refractivity contribution in [2.24, 2.45) is 0 Å². The van der Waals surface area contributed by atoms with Gasteiger partial charge in [0.05, 0.1) is 17.2 Å². The Morgan fingerprint density at radius 3 is 2.80 bits per heavy atom. The Kier molecular flexibility index (Phi) is 4.54. The molecule has 1 rings (SSSR count). The van der Waals surface area contributed by atoms with Crippen molar-refractivity contribution in [3.05, 3.63) is 34.1 Å². The van der Waals surface area contributed by atoms with E-state index in [-0.39, 0.29) is 17.2 Å². The fourth-order valence-electron chi connectivity index (χ4n) is 1.08. The largest absolute Gasteiger partial charge is 0.462 e. The SMILES string of the molecule is CCOC(=O)c1cc(CBr)cc(Cl)c1F. The first kappa shape index (κ1) is 12.5. The summed E-state index contributed by atoms with van der Waals surface area (Å²) in [5.74, 6) is -1.43. The van der Waals surface area contributed by atoms with Crippen molar-refractivity contribution in [2.75, 3.05) is 6.61 Å². The van der Waals surface area contributed by atoms with Gasteiger partial charge in [-0.2, -0.15) is 0 Å². The van der Waals surface area contributed by atoms with Gasteiger partial charge in [-0.25, -0.2) is 9.18 Å². The molecular formula is C10H9BrClFO2. The summed E-state index contributed by atoms with van der Waals surface area (Å²) in [4.78, 5) is 11.3. The normalized spacial score (nSPS) is 10.1. The number of rotatable bonds is 3. The molecule has 0 N–H and O–H groups in total. The Labute approximate surface area is 101 Å². The minimum absolute atomic E-state index is 0.0741. The molecule has 0 heterocycles. The molecule has 82 valence electrons. The summed E-state index contributed by atoms with van der Waals surface area (Å²) in [5, 5.41) is 0.425. The lowest BCUT2D eigenvalue weighted by Crippen LogP contribution is -2.08. The number of esters is 1. The minimum atomic E-state index is -0.736. The summed E-state index contributed by atoms with van der Waals surface area (Å²) >= 11 is 8.84. The lowest BCUT2D eigenvalue weighted by Gasteiger charge is -2.06. The van der Waals surface area contributed by atoms with Gasteiger partial charge in [-0.1, -0.05) is 27.5 Å². The molecule has 0 saturated carbocycles. The van der Waals surface area contributed by atoms with E-state index in [1.807, 2.05) is 0 Å². The molecule has 1 aromatic carbocycles. The van der Waals surface area contributed by atoms with Crippen molar-refractivity contribution in [2.45, 2.75) is 12.3 Å². The average Bonchev–Trinajstić information content (AvgIpc) is 2.22. The van der Waals surface area contributed by atoms with Crippen molar-refractivity contribution >= 4 is 33.5 Å². The minimum Gasteiger partial charge on any atom is -0.462 e.